The molecule has 0 saturated heterocycles. The summed E-state index contributed by atoms with van der Waals surface area (Å²) in [5.74, 6) is -0.0937. The van der Waals surface area contributed by atoms with Gasteiger partial charge in [-0.3, -0.25) is 4.79 Å². The summed E-state index contributed by atoms with van der Waals surface area (Å²) < 4.78 is 22.5. The first kappa shape index (κ1) is 22.2. The maximum Gasteiger partial charge on any atom is 0.289 e. The number of sulfone groups is 1. The van der Waals surface area contributed by atoms with Crippen LogP contribution in [0.2, 0.25) is 5.02 Å². The summed E-state index contributed by atoms with van der Waals surface area (Å²) in [7, 11) is -3.25. The van der Waals surface area contributed by atoms with Crippen LogP contribution < -0.4 is 10.6 Å². The molecule has 1 heterocycles. The highest BCUT2D eigenvalue weighted by Gasteiger charge is 2.30. The highest BCUT2D eigenvalue weighted by atomic mass is 35.5. The molecule has 0 radical (unpaired) electrons. The van der Waals surface area contributed by atoms with Crippen molar-refractivity contribution in [3.8, 4) is 0 Å². The third-order valence-corrected chi connectivity index (χ3v) is 5.70. The van der Waals surface area contributed by atoms with E-state index < -0.39 is 21.8 Å². The fourth-order valence-corrected chi connectivity index (χ4v) is 3.82. The van der Waals surface area contributed by atoms with Crippen LogP contribution in [0.5, 0.6) is 0 Å². The van der Waals surface area contributed by atoms with E-state index >= 15 is 0 Å². The van der Waals surface area contributed by atoms with Crippen LogP contribution in [0.3, 0.4) is 0 Å². The highest BCUT2D eigenvalue weighted by Crippen LogP contribution is 2.43. The first-order valence-corrected chi connectivity index (χ1v) is 12.0. The van der Waals surface area contributed by atoms with Gasteiger partial charge >= 0.3 is 0 Å². The summed E-state index contributed by atoms with van der Waals surface area (Å²) in [5.41, 5.74) is 2.56. The van der Waals surface area contributed by atoms with E-state index in [4.69, 9.17) is 11.6 Å². The lowest BCUT2D eigenvalue weighted by Crippen LogP contribution is -2.32. The number of benzene rings is 1. The molecule has 2 aromatic rings. The molecule has 2 N–H and O–H groups in total. The second-order valence-corrected chi connectivity index (χ2v) is 9.91. The van der Waals surface area contributed by atoms with E-state index in [1.165, 1.54) is 6.08 Å². The van der Waals surface area contributed by atoms with Gasteiger partial charge in [0.2, 0.25) is 5.82 Å². The molecule has 160 valence electrons. The molecule has 0 aliphatic heterocycles. The van der Waals surface area contributed by atoms with E-state index in [-0.39, 0.29) is 11.9 Å². The number of hydrogen-bond donors (Lipinski definition) is 2. The topological polar surface area (TPSA) is 101 Å². The predicted molar refractivity (Wildman–Crippen MR) is 118 cm³/mol. The van der Waals surface area contributed by atoms with E-state index in [9.17, 15) is 13.2 Å². The largest absolute Gasteiger partial charge is 0.376 e. The Hall–Kier alpha value is -2.45. The number of nitrogens with one attached hydrogen (secondary N) is 2. The zero-order valence-electron chi connectivity index (χ0n) is 17.1. The number of rotatable bonds is 8. The lowest BCUT2D eigenvalue weighted by molar-refractivity contribution is 0.0936. The lowest BCUT2D eigenvalue weighted by Gasteiger charge is -2.19. The minimum Gasteiger partial charge on any atom is -0.376 e. The molecule has 0 bridgehead atoms. The molecule has 1 saturated carbocycles. The number of hydrogen-bond acceptors (Lipinski definition) is 6. The predicted octanol–water partition coefficient (Wildman–Crippen LogP) is 3.86. The molecule has 0 spiro atoms. The van der Waals surface area contributed by atoms with Crippen molar-refractivity contribution >= 4 is 33.0 Å². The summed E-state index contributed by atoms with van der Waals surface area (Å²) in [5, 5.41) is 7.86. The van der Waals surface area contributed by atoms with Crippen molar-refractivity contribution < 1.29 is 13.2 Å². The maximum absolute atomic E-state index is 12.5. The van der Waals surface area contributed by atoms with Crippen molar-refractivity contribution in [2.24, 2.45) is 0 Å². The van der Waals surface area contributed by atoms with Gasteiger partial charge in [-0.15, -0.1) is 0 Å². The van der Waals surface area contributed by atoms with Gasteiger partial charge in [0.05, 0.1) is 23.6 Å². The number of anilines is 1. The average molecular weight is 449 g/mol. The van der Waals surface area contributed by atoms with E-state index in [1.807, 2.05) is 31.2 Å². The molecule has 9 heteroatoms. The minimum absolute atomic E-state index is 0.0550. The van der Waals surface area contributed by atoms with Gasteiger partial charge in [0, 0.05) is 28.6 Å². The summed E-state index contributed by atoms with van der Waals surface area (Å²) in [6.07, 6.45) is 6.16. The van der Waals surface area contributed by atoms with Crippen LogP contribution in [0.1, 0.15) is 60.5 Å². The van der Waals surface area contributed by atoms with Gasteiger partial charge in [0.1, 0.15) is 0 Å². The van der Waals surface area contributed by atoms with Crippen LogP contribution in [0.25, 0.3) is 0 Å². The van der Waals surface area contributed by atoms with Gasteiger partial charge in [-0.1, -0.05) is 35.9 Å². The van der Waals surface area contributed by atoms with Gasteiger partial charge in [0.25, 0.3) is 5.91 Å². The van der Waals surface area contributed by atoms with Crippen molar-refractivity contribution in [3.63, 3.8) is 0 Å². The van der Waals surface area contributed by atoms with E-state index in [2.05, 4.69) is 20.6 Å². The summed E-state index contributed by atoms with van der Waals surface area (Å²) in [4.78, 5) is 21.2. The Labute approximate surface area is 181 Å². The molecule has 0 unspecified atom stereocenters. The molecule has 1 aliphatic rings. The number of carbonyl (C=O) groups is 1. The van der Waals surface area contributed by atoms with Gasteiger partial charge in [0.15, 0.2) is 9.84 Å². The first-order valence-electron chi connectivity index (χ1n) is 9.71. The zero-order valence-corrected chi connectivity index (χ0v) is 18.7. The molecule has 2 atom stereocenters. The quantitative estimate of drug-likeness (QED) is 0.635. The van der Waals surface area contributed by atoms with Crippen molar-refractivity contribution in [1.29, 1.82) is 0 Å². The smallest absolute Gasteiger partial charge is 0.289 e. The van der Waals surface area contributed by atoms with E-state index in [0.29, 0.717) is 10.9 Å². The number of nitrogens with zero attached hydrogens (tertiary/aromatic N) is 2. The second kappa shape index (κ2) is 9.14. The van der Waals surface area contributed by atoms with Crippen LogP contribution in [0.15, 0.2) is 41.9 Å². The van der Waals surface area contributed by atoms with Crippen molar-refractivity contribution in [2.75, 3.05) is 11.6 Å². The third kappa shape index (κ3) is 6.03. The van der Waals surface area contributed by atoms with E-state index in [0.717, 1.165) is 41.5 Å². The molecule has 1 aliphatic carbocycles. The lowest BCUT2D eigenvalue weighted by atomic mass is 10.1. The summed E-state index contributed by atoms with van der Waals surface area (Å²) in [6, 6.07) is 7.10. The van der Waals surface area contributed by atoms with Crippen molar-refractivity contribution in [2.45, 2.75) is 44.7 Å². The number of aromatic nitrogens is 2. The number of amides is 1. The normalized spacial score (nSPS) is 16.3. The molecule has 3 rings (SSSR count). The van der Waals surface area contributed by atoms with Crippen LogP contribution in [0.4, 0.5) is 5.69 Å². The molecular formula is C21H25ClN4O3S. The SMILES string of the molecule is C[C@H](/C=C/S(C)(=O)=O)NC(=O)c1ncc(N[C@@H](C)c2ccccc2Cl)c(C2CC2)n1. The number of halogens is 1. The average Bonchev–Trinajstić information content (AvgIpc) is 3.51. The summed E-state index contributed by atoms with van der Waals surface area (Å²) >= 11 is 6.30. The Kier molecular flexibility index (Phi) is 6.77. The maximum atomic E-state index is 12.5. The fraction of sp³-hybridized carbons (Fsp3) is 0.381. The molecule has 1 fully saturated rings. The van der Waals surface area contributed by atoms with Gasteiger partial charge in [-0.25, -0.2) is 18.4 Å². The molecular weight excluding hydrogens is 424 g/mol. The molecule has 30 heavy (non-hydrogen) atoms. The highest BCUT2D eigenvalue weighted by molar-refractivity contribution is 7.93. The van der Waals surface area contributed by atoms with Crippen molar-refractivity contribution in [3.05, 3.63) is 64.1 Å². The zero-order chi connectivity index (χ0) is 21.9. The third-order valence-electron chi connectivity index (χ3n) is 4.70. The molecule has 1 aromatic heterocycles. The van der Waals surface area contributed by atoms with Gasteiger partial charge in [-0.05, 0) is 38.3 Å². The van der Waals surface area contributed by atoms with Crippen LogP contribution in [-0.2, 0) is 9.84 Å². The van der Waals surface area contributed by atoms with Crippen LogP contribution in [-0.4, -0.2) is 36.6 Å². The van der Waals surface area contributed by atoms with Crippen molar-refractivity contribution in [1.82, 2.24) is 15.3 Å². The first-order chi connectivity index (χ1) is 14.1. The Morgan fingerprint density at radius 1 is 1.27 bits per heavy atom. The molecule has 1 amide bonds. The Bertz CT molecular complexity index is 1070. The van der Waals surface area contributed by atoms with E-state index in [1.54, 1.807) is 13.1 Å². The van der Waals surface area contributed by atoms with Gasteiger partial charge in [-0.2, -0.15) is 0 Å². The Morgan fingerprint density at radius 3 is 2.60 bits per heavy atom. The Morgan fingerprint density at radius 2 is 1.97 bits per heavy atom. The summed E-state index contributed by atoms with van der Waals surface area (Å²) in [6.45, 7) is 3.69. The fourth-order valence-electron chi connectivity index (χ4n) is 3.00. The standard InChI is InChI=1S/C21H25ClN4O3S/c1-13(10-11-30(3,28)29)24-21(27)20-23-12-18(19(26-20)15-8-9-15)25-14(2)16-6-4-5-7-17(16)22/h4-7,10-15,25H,8-9H2,1-3H3,(H,24,27)/b11-10+/t13-,14+/m1/s1. The van der Waals surface area contributed by atoms with Crippen LogP contribution in [0, 0.1) is 0 Å². The minimum atomic E-state index is -3.25. The Balaban J connectivity index is 1.76. The molecule has 7 nitrogen and oxygen atoms in total. The number of carbonyl (C=O) groups excluding carboxylic acids is 1. The van der Waals surface area contributed by atoms with Crippen LogP contribution >= 0.6 is 11.6 Å². The monoisotopic (exact) mass is 448 g/mol. The van der Waals surface area contributed by atoms with Gasteiger partial charge < -0.3 is 10.6 Å². The second-order valence-electron chi connectivity index (χ2n) is 7.57. The molecule has 1 aromatic carbocycles.